The molecule has 1 saturated carbocycles. The van der Waals surface area contributed by atoms with E-state index < -0.39 is 0 Å². The molecule has 24 heavy (non-hydrogen) atoms. The van der Waals surface area contributed by atoms with Crippen LogP contribution in [0.4, 0.5) is 0 Å². The van der Waals surface area contributed by atoms with Gasteiger partial charge in [-0.3, -0.25) is 9.47 Å². The van der Waals surface area contributed by atoms with Crippen LogP contribution in [0.5, 0.6) is 0 Å². The zero-order valence-electron chi connectivity index (χ0n) is 14.0. The molecule has 128 valence electrons. The van der Waals surface area contributed by atoms with Crippen molar-refractivity contribution in [3.63, 3.8) is 0 Å². The third-order valence-corrected chi connectivity index (χ3v) is 5.42. The number of hydrogen-bond acceptors (Lipinski definition) is 3. The average molecular weight is 347 g/mol. The Balaban J connectivity index is 1.42. The minimum absolute atomic E-state index is 0.0519. The zero-order chi connectivity index (χ0) is 16.7. The summed E-state index contributed by atoms with van der Waals surface area (Å²) in [5.74, 6) is 1.41. The van der Waals surface area contributed by atoms with Crippen molar-refractivity contribution in [3.05, 3.63) is 51.2 Å². The Morgan fingerprint density at radius 1 is 1.12 bits per heavy atom. The quantitative estimate of drug-likeness (QED) is 0.854. The predicted molar refractivity (Wildman–Crippen MR) is 94.4 cm³/mol. The number of benzene rings is 1. The Bertz CT molecular complexity index is 767. The van der Waals surface area contributed by atoms with E-state index in [0.717, 1.165) is 56.2 Å². The highest BCUT2D eigenvalue weighted by molar-refractivity contribution is 6.30. The highest BCUT2D eigenvalue weighted by Crippen LogP contribution is 2.37. The fourth-order valence-electron chi connectivity index (χ4n) is 3.65. The van der Waals surface area contributed by atoms with Crippen molar-refractivity contribution in [3.8, 4) is 0 Å². The topological polar surface area (TPSA) is 43.1 Å². The summed E-state index contributed by atoms with van der Waals surface area (Å²) in [5.41, 5.74) is 1.35. The van der Waals surface area contributed by atoms with Crippen molar-refractivity contribution >= 4 is 11.6 Å². The standard InChI is InChI=1S/C18H23ClN4O/c1-21-18(24)23(16-6-7-16)17(20-21)14-8-10-22(11-9-14)12-13-2-4-15(19)5-3-13/h2-5,14,16H,6-12H2,1H3. The predicted octanol–water partition coefficient (Wildman–Crippen LogP) is 2.95. The van der Waals surface area contributed by atoms with Gasteiger partial charge < -0.3 is 0 Å². The van der Waals surface area contributed by atoms with E-state index >= 15 is 0 Å². The second-order valence-electron chi connectivity index (χ2n) is 7.04. The third-order valence-electron chi connectivity index (χ3n) is 5.17. The molecule has 0 spiro atoms. The minimum atomic E-state index is 0.0519. The molecule has 2 fully saturated rings. The summed E-state index contributed by atoms with van der Waals surface area (Å²) in [4.78, 5) is 14.8. The second-order valence-corrected chi connectivity index (χ2v) is 7.48. The monoisotopic (exact) mass is 346 g/mol. The van der Waals surface area contributed by atoms with Crippen LogP contribution in [0.15, 0.2) is 29.1 Å². The van der Waals surface area contributed by atoms with E-state index in [1.807, 2.05) is 16.7 Å². The lowest BCUT2D eigenvalue weighted by Crippen LogP contribution is -2.33. The van der Waals surface area contributed by atoms with Gasteiger partial charge in [-0.1, -0.05) is 23.7 Å². The Labute approximate surface area is 146 Å². The lowest BCUT2D eigenvalue weighted by Gasteiger charge is -2.31. The number of halogens is 1. The first-order chi connectivity index (χ1) is 11.6. The van der Waals surface area contributed by atoms with Crippen LogP contribution in [0.3, 0.4) is 0 Å². The molecular formula is C18H23ClN4O. The van der Waals surface area contributed by atoms with Gasteiger partial charge >= 0.3 is 5.69 Å². The van der Waals surface area contributed by atoms with Crippen molar-refractivity contribution in [1.29, 1.82) is 0 Å². The number of likely N-dealkylation sites (tertiary alicyclic amines) is 1. The summed E-state index contributed by atoms with van der Waals surface area (Å²) in [6.07, 6.45) is 4.37. The molecule has 0 N–H and O–H groups in total. The van der Waals surface area contributed by atoms with Crippen molar-refractivity contribution in [2.45, 2.75) is 44.2 Å². The lowest BCUT2D eigenvalue weighted by atomic mass is 9.95. The molecule has 0 bridgehead atoms. The maximum atomic E-state index is 12.3. The first kappa shape index (κ1) is 15.9. The van der Waals surface area contributed by atoms with Crippen LogP contribution in [0, 0.1) is 0 Å². The Kier molecular flexibility index (Phi) is 4.22. The van der Waals surface area contributed by atoms with Gasteiger partial charge in [0.25, 0.3) is 0 Å². The Morgan fingerprint density at radius 3 is 2.42 bits per heavy atom. The van der Waals surface area contributed by atoms with Gasteiger partial charge in [-0.2, -0.15) is 5.10 Å². The number of aryl methyl sites for hydroxylation is 1. The molecule has 1 aromatic heterocycles. The van der Waals surface area contributed by atoms with Crippen molar-refractivity contribution < 1.29 is 0 Å². The largest absolute Gasteiger partial charge is 0.345 e. The number of aromatic nitrogens is 3. The van der Waals surface area contributed by atoms with Crippen LogP contribution in [0.2, 0.25) is 5.02 Å². The van der Waals surface area contributed by atoms with E-state index in [2.05, 4.69) is 22.1 Å². The molecule has 2 heterocycles. The summed E-state index contributed by atoms with van der Waals surface area (Å²) in [6, 6.07) is 8.49. The molecule has 2 aliphatic rings. The fourth-order valence-corrected chi connectivity index (χ4v) is 3.78. The maximum Gasteiger partial charge on any atom is 0.345 e. The van der Waals surface area contributed by atoms with E-state index in [9.17, 15) is 4.79 Å². The number of nitrogens with zero attached hydrogens (tertiary/aromatic N) is 4. The van der Waals surface area contributed by atoms with Crippen molar-refractivity contribution in [1.82, 2.24) is 19.2 Å². The average Bonchev–Trinajstić information content (AvgIpc) is 3.37. The molecule has 0 amide bonds. The molecule has 0 unspecified atom stereocenters. The molecule has 0 radical (unpaired) electrons. The van der Waals surface area contributed by atoms with E-state index in [0.29, 0.717) is 12.0 Å². The molecule has 1 aliphatic heterocycles. The summed E-state index contributed by atoms with van der Waals surface area (Å²) in [5, 5.41) is 5.33. The van der Waals surface area contributed by atoms with Gasteiger partial charge in [0.1, 0.15) is 5.82 Å². The van der Waals surface area contributed by atoms with E-state index in [1.54, 1.807) is 7.05 Å². The lowest BCUT2D eigenvalue weighted by molar-refractivity contribution is 0.199. The molecule has 4 rings (SSSR count). The van der Waals surface area contributed by atoms with Crippen LogP contribution < -0.4 is 5.69 Å². The van der Waals surface area contributed by atoms with Crippen LogP contribution in [-0.2, 0) is 13.6 Å². The number of hydrogen-bond donors (Lipinski definition) is 0. The van der Waals surface area contributed by atoms with Crippen LogP contribution in [-0.4, -0.2) is 32.3 Å². The van der Waals surface area contributed by atoms with Gasteiger partial charge in [-0.15, -0.1) is 0 Å². The molecular weight excluding hydrogens is 324 g/mol. The maximum absolute atomic E-state index is 12.3. The summed E-state index contributed by atoms with van der Waals surface area (Å²) in [6.45, 7) is 3.05. The molecule has 1 aromatic carbocycles. The molecule has 1 aliphatic carbocycles. The van der Waals surface area contributed by atoms with Gasteiger partial charge in [0.15, 0.2) is 0 Å². The highest BCUT2D eigenvalue weighted by Gasteiger charge is 2.33. The SMILES string of the molecule is Cn1nc(C2CCN(Cc3ccc(Cl)cc3)CC2)n(C2CC2)c1=O. The molecule has 1 saturated heterocycles. The van der Waals surface area contributed by atoms with Gasteiger partial charge in [-0.05, 0) is 56.5 Å². The van der Waals surface area contributed by atoms with Gasteiger partial charge in [-0.25, -0.2) is 9.48 Å². The molecule has 6 heteroatoms. The van der Waals surface area contributed by atoms with Crippen LogP contribution >= 0.6 is 11.6 Å². The van der Waals surface area contributed by atoms with Crippen molar-refractivity contribution in [2.24, 2.45) is 7.05 Å². The molecule has 5 nitrogen and oxygen atoms in total. The Morgan fingerprint density at radius 2 is 1.79 bits per heavy atom. The summed E-state index contributed by atoms with van der Waals surface area (Å²) in [7, 11) is 1.76. The third kappa shape index (κ3) is 3.15. The Hall–Kier alpha value is -1.59. The first-order valence-corrected chi connectivity index (χ1v) is 9.12. The fraction of sp³-hybridized carbons (Fsp3) is 0.556. The van der Waals surface area contributed by atoms with E-state index in [4.69, 9.17) is 11.6 Å². The minimum Gasteiger partial charge on any atom is -0.299 e. The van der Waals surface area contributed by atoms with Crippen LogP contribution in [0.25, 0.3) is 0 Å². The van der Waals surface area contributed by atoms with Crippen LogP contribution in [0.1, 0.15) is 49.0 Å². The van der Waals surface area contributed by atoms with Gasteiger partial charge in [0.2, 0.25) is 0 Å². The van der Waals surface area contributed by atoms with Crippen molar-refractivity contribution in [2.75, 3.05) is 13.1 Å². The number of rotatable bonds is 4. The van der Waals surface area contributed by atoms with E-state index in [-0.39, 0.29) is 5.69 Å². The van der Waals surface area contributed by atoms with E-state index in [1.165, 1.54) is 10.2 Å². The van der Waals surface area contributed by atoms with Gasteiger partial charge in [0.05, 0.1) is 0 Å². The summed E-state index contributed by atoms with van der Waals surface area (Å²) < 4.78 is 3.47. The normalized spacial score (nSPS) is 19.8. The second kappa shape index (κ2) is 6.37. The van der Waals surface area contributed by atoms with Gasteiger partial charge in [0, 0.05) is 30.6 Å². The molecule has 0 atom stereocenters. The first-order valence-electron chi connectivity index (χ1n) is 8.74. The highest BCUT2D eigenvalue weighted by atomic mass is 35.5. The summed E-state index contributed by atoms with van der Waals surface area (Å²) >= 11 is 5.95. The zero-order valence-corrected chi connectivity index (χ0v) is 14.7. The number of piperidine rings is 1. The smallest absolute Gasteiger partial charge is 0.299 e. The molecule has 2 aromatic rings.